The van der Waals surface area contributed by atoms with Crippen molar-refractivity contribution in [1.29, 1.82) is 0 Å². The molecule has 0 spiro atoms. The summed E-state index contributed by atoms with van der Waals surface area (Å²) in [6.07, 6.45) is 2.72. The van der Waals surface area contributed by atoms with Gasteiger partial charge in [0.05, 0.1) is 7.11 Å². The Balaban J connectivity index is 1.76. The van der Waals surface area contributed by atoms with Crippen molar-refractivity contribution >= 4 is 17.9 Å². The van der Waals surface area contributed by atoms with E-state index in [9.17, 15) is 9.18 Å². The molecule has 0 radical (unpaired) electrons. The Bertz CT molecular complexity index is 854. The highest BCUT2D eigenvalue weighted by atomic mass is 19.1. The summed E-state index contributed by atoms with van der Waals surface area (Å²) in [4.78, 5) is 16.2. The van der Waals surface area contributed by atoms with Gasteiger partial charge >= 0.3 is 5.97 Å². The Hall–Kier alpha value is -2.95. The summed E-state index contributed by atoms with van der Waals surface area (Å²) in [6.45, 7) is 2.03. The number of rotatable bonds is 5. The first-order valence-corrected chi connectivity index (χ1v) is 7.95. The lowest BCUT2D eigenvalue weighted by Gasteiger charge is -2.04. The average Bonchev–Trinajstić information content (AvgIpc) is 2.94. The Labute approximate surface area is 145 Å². The molecule has 4 nitrogen and oxygen atoms in total. The van der Waals surface area contributed by atoms with Crippen LogP contribution in [0.4, 0.5) is 4.39 Å². The maximum atomic E-state index is 13.4. The number of esters is 1. The van der Waals surface area contributed by atoms with Gasteiger partial charge < -0.3 is 9.47 Å². The quantitative estimate of drug-likeness (QED) is 0.609. The normalized spacial score (nSPS) is 15.2. The average molecular weight is 339 g/mol. The van der Waals surface area contributed by atoms with Crippen LogP contribution in [0.2, 0.25) is 0 Å². The van der Waals surface area contributed by atoms with Crippen molar-refractivity contribution in [3.8, 4) is 5.75 Å². The first-order chi connectivity index (χ1) is 12.0. The number of hydrogen-bond acceptors (Lipinski definition) is 4. The fraction of sp³-hybridized carbons (Fsp3) is 0.200. The maximum Gasteiger partial charge on any atom is 0.363 e. The van der Waals surface area contributed by atoms with Crippen molar-refractivity contribution in [3.63, 3.8) is 0 Å². The minimum Gasteiger partial charge on any atom is -0.496 e. The van der Waals surface area contributed by atoms with Crippen molar-refractivity contribution in [2.75, 3.05) is 7.11 Å². The van der Waals surface area contributed by atoms with Crippen LogP contribution in [0.3, 0.4) is 0 Å². The van der Waals surface area contributed by atoms with Gasteiger partial charge in [0.25, 0.3) is 0 Å². The highest BCUT2D eigenvalue weighted by molar-refractivity contribution is 6.07. The van der Waals surface area contributed by atoms with Gasteiger partial charge in [0, 0.05) is 12.0 Å². The predicted octanol–water partition coefficient (Wildman–Crippen LogP) is 4.07. The molecule has 25 heavy (non-hydrogen) atoms. The summed E-state index contributed by atoms with van der Waals surface area (Å²) >= 11 is 0. The van der Waals surface area contributed by atoms with Crippen LogP contribution < -0.4 is 4.74 Å². The fourth-order valence-corrected chi connectivity index (χ4v) is 2.53. The number of hydrogen-bond donors (Lipinski definition) is 0. The molecule has 0 saturated heterocycles. The van der Waals surface area contributed by atoms with Crippen molar-refractivity contribution < 1.29 is 18.7 Å². The van der Waals surface area contributed by atoms with E-state index in [1.54, 1.807) is 0 Å². The molecule has 0 fully saturated rings. The van der Waals surface area contributed by atoms with Crippen LogP contribution in [0.25, 0.3) is 6.08 Å². The van der Waals surface area contributed by atoms with Gasteiger partial charge in [-0.1, -0.05) is 29.8 Å². The first-order valence-electron chi connectivity index (χ1n) is 7.95. The number of methoxy groups -OCH3 is 1. The van der Waals surface area contributed by atoms with E-state index in [4.69, 9.17) is 9.47 Å². The summed E-state index contributed by atoms with van der Waals surface area (Å²) in [5, 5.41) is 0. The second kappa shape index (κ2) is 7.30. The molecule has 5 heteroatoms. The summed E-state index contributed by atoms with van der Waals surface area (Å²) in [5.41, 5.74) is 2.93. The van der Waals surface area contributed by atoms with E-state index in [0.717, 1.165) is 12.0 Å². The zero-order chi connectivity index (χ0) is 17.8. The molecule has 0 aromatic heterocycles. The highest BCUT2D eigenvalue weighted by Gasteiger charge is 2.23. The molecule has 0 unspecified atom stereocenters. The Morgan fingerprint density at radius 1 is 1.16 bits per heavy atom. The molecule has 3 rings (SSSR count). The molecule has 0 bridgehead atoms. The van der Waals surface area contributed by atoms with E-state index in [2.05, 4.69) is 4.99 Å². The van der Waals surface area contributed by atoms with E-state index in [1.807, 2.05) is 31.2 Å². The Kier molecular flexibility index (Phi) is 4.93. The van der Waals surface area contributed by atoms with E-state index in [-0.39, 0.29) is 5.70 Å². The highest BCUT2D eigenvalue weighted by Crippen LogP contribution is 2.25. The number of aliphatic imine (C=N–C) groups is 1. The van der Waals surface area contributed by atoms with E-state index in [1.165, 1.54) is 36.9 Å². The molecule has 0 atom stereocenters. The molecule has 1 aliphatic heterocycles. The number of cyclic esters (lactones) is 1. The second-order valence-electron chi connectivity index (χ2n) is 5.80. The lowest BCUT2D eigenvalue weighted by molar-refractivity contribution is -0.130. The standard InChI is InChI=1S/C20H18FNO3/c1-13-3-5-14(6-4-13)7-10-19-22-17(20(23)25-19)12-15-11-16(21)8-9-18(15)24-2/h3-6,8-9,11-12H,7,10H2,1-2H3/b17-12+. The SMILES string of the molecule is COc1ccc(F)cc1/C=C1/N=C(CCc2ccc(C)cc2)OC1=O. The van der Waals surface area contributed by atoms with Crippen LogP contribution in [-0.2, 0) is 16.0 Å². The van der Waals surface area contributed by atoms with Gasteiger partial charge in [0.1, 0.15) is 11.6 Å². The molecule has 1 heterocycles. The zero-order valence-electron chi connectivity index (χ0n) is 14.1. The first kappa shape index (κ1) is 16.9. The van der Waals surface area contributed by atoms with Crippen molar-refractivity contribution in [3.05, 3.63) is 70.7 Å². The summed E-state index contributed by atoms with van der Waals surface area (Å²) in [5.74, 6) is -0.120. The van der Waals surface area contributed by atoms with Gasteiger partial charge in [0.15, 0.2) is 11.6 Å². The third kappa shape index (κ3) is 4.12. The molecule has 0 N–H and O–H groups in total. The lowest BCUT2D eigenvalue weighted by atomic mass is 10.1. The van der Waals surface area contributed by atoms with Crippen LogP contribution in [0.15, 0.2) is 53.2 Å². The predicted molar refractivity (Wildman–Crippen MR) is 94.0 cm³/mol. The number of aryl methyl sites for hydroxylation is 2. The van der Waals surface area contributed by atoms with Crippen molar-refractivity contribution in [2.24, 2.45) is 4.99 Å². The van der Waals surface area contributed by atoms with E-state index < -0.39 is 11.8 Å². The van der Waals surface area contributed by atoms with Crippen LogP contribution in [0.5, 0.6) is 5.75 Å². The molecule has 1 aliphatic rings. The van der Waals surface area contributed by atoms with Crippen LogP contribution in [-0.4, -0.2) is 19.0 Å². The van der Waals surface area contributed by atoms with Crippen LogP contribution >= 0.6 is 0 Å². The molecule has 0 aliphatic carbocycles. The summed E-state index contributed by atoms with van der Waals surface area (Å²) in [6, 6.07) is 12.3. The van der Waals surface area contributed by atoms with Crippen LogP contribution in [0.1, 0.15) is 23.1 Å². The molecular weight excluding hydrogens is 321 g/mol. The zero-order valence-corrected chi connectivity index (χ0v) is 14.1. The molecule has 2 aromatic rings. The topological polar surface area (TPSA) is 47.9 Å². The maximum absolute atomic E-state index is 13.4. The molecule has 2 aromatic carbocycles. The Morgan fingerprint density at radius 2 is 1.92 bits per heavy atom. The van der Waals surface area contributed by atoms with Gasteiger partial charge in [-0.15, -0.1) is 0 Å². The van der Waals surface area contributed by atoms with Gasteiger partial charge in [-0.05, 0) is 43.2 Å². The third-order valence-electron chi connectivity index (χ3n) is 3.90. The fourth-order valence-electron chi connectivity index (χ4n) is 2.53. The molecular formula is C20H18FNO3. The minimum absolute atomic E-state index is 0.141. The van der Waals surface area contributed by atoms with E-state index >= 15 is 0 Å². The minimum atomic E-state index is -0.537. The summed E-state index contributed by atoms with van der Waals surface area (Å²) < 4.78 is 23.8. The Morgan fingerprint density at radius 3 is 2.64 bits per heavy atom. The van der Waals surface area contributed by atoms with Gasteiger partial charge in [0.2, 0.25) is 0 Å². The molecule has 0 saturated carbocycles. The second-order valence-corrected chi connectivity index (χ2v) is 5.80. The number of benzene rings is 2. The summed E-state index contributed by atoms with van der Waals surface area (Å²) in [7, 11) is 1.48. The number of carbonyl (C=O) groups is 1. The van der Waals surface area contributed by atoms with Gasteiger partial charge in [-0.2, -0.15) is 0 Å². The number of halogens is 1. The van der Waals surface area contributed by atoms with Crippen molar-refractivity contribution in [2.45, 2.75) is 19.8 Å². The lowest BCUT2D eigenvalue weighted by Crippen LogP contribution is -2.05. The monoisotopic (exact) mass is 339 g/mol. The molecule has 0 amide bonds. The third-order valence-corrected chi connectivity index (χ3v) is 3.90. The van der Waals surface area contributed by atoms with Gasteiger partial charge in [-0.25, -0.2) is 14.2 Å². The largest absolute Gasteiger partial charge is 0.496 e. The number of carbonyl (C=O) groups excluding carboxylic acids is 1. The van der Waals surface area contributed by atoms with E-state index in [0.29, 0.717) is 23.6 Å². The number of ether oxygens (including phenoxy) is 2. The van der Waals surface area contributed by atoms with Gasteiger partial charge in [-0.3, -0.25) is 0 Å². The van der Waals surface area contributed by atoms with Crippen LogP contribution in [0, 0.1) is 12.7 Å². The molecule has 128 valence electrons. The smallest absolute Gasteiger partial charge is 0.363 e. The van der Waals surface area contributed by atoms with Crippen molar-refractivity contribution in [1.82, 2.24) is 0 Å². The number of nitrogens with zero attached hydrogens (tertiary/aromatic N) is 1.